The van der Waals surface area contributed by atoms with Crippen molar-refractivity contribution in [2.75, 3.05) is 33.8 Å². The number of rotatable bonds is 6. The van der Waals surface area contributed by atoms with E-state index in [4.69, 9.17) is 4.74 Å². The SMILES string of the molecule is COc1ccc(/C=C/CN2CCC3(CC2)C(=O)N(Cc2cccnc2)C(=O)N3C)cc1. The van der Waals surface area contributed by atoms with Crippen LogP contribution in [0.1, 0.15) is 24.0 Å². The molecule has 7 nitrogen and oxygen atoms in total. The number of hydrogen-bond acceptors (Lipinski definition) is 5. The lowest BCUT2D eigenvalue weighted by atomic mass is 9.86. The number of nitrogens with zero attached hydrogens (tertiary/aromatic N) is 4. The molecule has 0 saturated carbocycles. The molecule has 0 N–H and O–H groups in total. The molecule has 1 aromatic heterocycles. The second-order valence-corrected chi connectivity index (χ2v) is 8.10. The minimum absolute atomic E-state index is 0.0859. The number of aromatic nitrogens is 1. The summed E-state index contributed by atoms with van der Waals surface area (Å²) in [5.41, 5.74) is 1.25. The molecule has 2 saturated heterocycles. The third kappa shape index (κ3) is 4.18. The number of amides is 3. The van der Waals surface area contributed by atoms with Crippen LogP contribution in [0.3, 0.4) is 0 Å². The summed E-state index contributed by atoms with van der Waals surface area (Å²) in [6.45, 7) is 2.63. The number of carbonyl (C=O) groups excluding carboxylic acids is 2. The number of urea groups is 1. The lowest BCUT2D eigenvalue weighted by Crippen LogP contribution is -2.55. The number of piperidine rings is 1. The highest BCUT2D eigenvalue weighted by atomic mass is 16.5. The lowest BCUT2D eigenvalue weighted by Gasteiger charge is -2.40. The van der Waals surface area contributed by atoms with Gasteiger partial charge in [0.25, 0.3) is 5.91 Å². The van der Waals surface area contributed by atoms with E-state index in [1.54, 1.807) is 31.5 Å². The maximum Gasteiger partial charge on any atom is 0.327 e. The fourth-order valence-electron chi connectivity index (χ4n) is 4.37. The van der Waals surface area contributed by atoms with Crippen molar-refractivity contribution in [2.24, 2.45) is 0 Å². The first-order valence-corrected chi connectivity index (χ1v) is 10.5. The van der Waals surface area contributed by atoms with E-state index in [1.807, 2.05) is 36.4 Å². The first-order chi connectivity index (χ1) is 15.0. The molecule has 0 unspecified atom stereocenters. The van der Waals surface area contributed by atoms with Gasteiger partial charge in [0.2, 0.25) is 0 Å². The fraction of sp³-hybridized carbons (Fsp3) is 0.375. The third-order valence-electron chi connectivity index (χ3n) is 6.34. The number of imide groups is 1. The van der Waals surface area contributed by atoms with Crippen molar-refractivity contribution < 1.29 is 14.3 Å². The van der Waals surface area contributed by atoms with Crippen molar-refractivity contribution in [3.05, 3.63) is 66.0 Å². The van der Waals surface area contributed by atoms with Gasteiger partial charge in [0.1, 0.15) is 11.3 Å². The van der Waals surface area contributed by atoms with Crippen LogP contribution in [-0.2, 0) is 11.3 Å². The van der Waals surface area contributed by atoms with Gasteiger partial charge in [0.15, 0.2) is 0 Å². The van der Waals surface area contributed by atoms with Crippen molar-refractivity contribution >= 4 is 18.0 Å². The minimum atomic E-state index is -0.727. The molecular weight excluding hydrogens is 392 g/mol. The highest BCUT2D eigenvalue weighted by Crippen LogP contribution is 2.36. The molecule has 31 heavy (non-hydrogen) atoms. The van der Waals surface area contributed by atoms with Crippen molar-refractivity contribution in [2.45, 2.75) is 24.9 Å². The molecule has 2 aromatic rings. The van der Waals surface area contributed by atoms with Gasteiger partial charge >= 0.3 is 6.03 Å². The quantitative estimate of drug-likeness (QED) is 0.672. The van der Waals surface area contributed by atoms with Crippen LogP contribution in [0.5, 0.6) is 5.75 Å². The predicted octanol–water partition coefficient (Wildman–Crippen LogP) is 3.03. The van der Waals surface area contributed by atoms with Gasteiger partial charge in [0, 0.05) is 39.1 Å². The maximum absolute atomic E-state index is 13.3. The van der Waals surface area contributed by atoms with E-state index >= 15 is 0 Å². The summed E-state index contributed by atoms with van der Waals surface area (Å²) in [5, 5.41) is 0. The zero-order valence-electron chi connectivity index (χ0n) is 18.0. The number of likely N-dealkylation sites (N-methyl/N-ethyl adjacent to an activating group) is 1. The Morgan fingerprint density at radius 1 is 1.13 bits per heavy atom. The Morgan fingerprint density at radius 3 is 2.52 bits per heavy atom. The topological polar surface area (TPSA) is 66.0 Å². The summed E-state index contributed by atoms with van der Waals surface area (Å²) >= 11 is 0. The number of ether oxygens (including phenoxy) is 1. The number of hydrogen-bond donors (Lipinski definition) is 0. The highest BCUT2D eigenvalue weighted by Gasteiger charge is 2.56. The van der Waals surface area contributed by atoms with Crippen LogP contribution in [-0.4, -0.2) is 71.0 Å². The van der Waals surface area contributed by atoms with Gasteiger partial charge in [-0.15, -0.1) is 0 Å². The molecule has 1 spiro atoms. The molecule has 0 radical (unpaired) electrons. The zero-order valence-corrected chi connectivity index (χ0v) is 18.0. The lowest BCUT2D eigenvalue weighted by molar-refractivity contribution is -0.135. The van der Waals surface area contributed by atoms with Crippen LogP contribution < -0.4 is 4.74 Å². The van der Waals surface area contributed by atoms with Crippen LogP contribution in [0.15, 0.2) is 54.9 Å². The molecule has 162 valence electrons. The summed E-state index contributed by atoms with van der Waals surface area (Å²) in [5.74, 6) is 0.758. The molecule has 0 atom stereocenters. The first kappa shape index (κ1) is 21.1. The number of pyridine rings is 1. The highest BCUT2D eigenvalue weighted by molar-refractivity contribution is 6.06. The first-order valence-electron chi connectivity index (χ1n) is 10.5. The van der Waals surface area contributed by atoms with Crippen molar-refractivity contribution in [1.82, 2.24) is 19.7 Å². The predicted molar refractivity (Wildman–Crippen MR) is 118 cm³/mol. The van der Waals surface area contributed by atoms with Crippen molar-refractivity contribution in [3.8, 4) is 5.75 Å². The van der Waals surface area contributed by atoms with Gasteiger partial charge in [-0.25, -0.2) is 4.79 Å². The molecule has 2 aliphatic heterocycles. The van der Waals surface area contributed by atoms with E-state index < -0.39 is 5.54 Å². The minimum Gasteiger partial charge on any atom is -0.497 e. The average molecular weight is 421 g/mol. The number of methoxy groups -OCH3 is 1. The molecule has 1 aromatic carbocycles. The van der Waals surface area contributed by atoms with Gasteiger partial charge in [-0.2, -0.15) is 0 Å². The van der Waals surface area contributed by atoms with E-state index in [9.17, 15) is 9.59 Å². The Bertz CT molecular complexity index is 951. The molecule has 0 bridgehead atoms. The number of benzene rings is 1. The van der Waals surface area contributed by atoms with E-state index in [1.165, 1.54) is 4.90 Å². The van der Waals surface area contributed by atoms with E-state index in [0.29, 0.717) is 12.8 Å². The standard InChI is InChI=1S/C24H28N4O3/c1-26-23(30)28(18-20-5-3-13-25-17-20)22(29)24(26)11-15-27(16-12-24)14-4-6-19-7-9-21(31-2)10-8-19/h3-10,13,17H,11-12,14-16,18H2,1-2H3/b6-4+. The summed E-state index contributed by atoms with van der Waals surface area (Å²) in [6.07, 6.45) is 8.91. The molecule has 7 heteroatoms. The molecule has 3 heterocycles. The van der Waals surface area contributed by atoms with Gasteiger partial charge < -0.3 is 9.64 Å². The molecule has 2 aliphatic rings. The van der Waals surface area contributed by atoms with E-state index in [2.05, 4.69) is 22.0 Å². The molecular formula is C24H28N4O3. The van der Waals surface area contributed by atoms with Crippen LogP contribution in [0.25, 0.3) is 6.08 Å². The largest absolute Gasteiger partial charge is 0.497 e. The number of likely N-dealkylation sites (tertiary alicyclic amines) is 1. The fourth-order valence-corrected chi connectivity index (χ4v) is 4.37. The normalized spacial score (nSPS) is 19.0. The molecule has 2 fully saturated rings. The Hall–Kier alpha value is -3.19. The van der Waals surface area contributed by atoms with Crippen LogP contribution in [0.4, 0.5) is 4.79 Å². The van der Waals surface area contributed by atoms with Crippen molar-refractivity contribution in [3.63, 3.8) is 0 Å². The van der Waals surface area contributed by atoms with Gasteiger partial charge in [-0.3, -0.25) is 19.6 Å². The second kappa shape index (κ2) is 8.89. The van der Waals surface area contributed by atoms with E-state index in [-0.39, 0.29) is 18.5 Å². The Balaban J connectivity index is 1.35. The zero-order chi connectivity index (χ0) is 21.8. The van der Waals surface area contributed by atoms with Gasteiger partial charge in [0.05, 0.1) is 13.7 Å². The van der Waals surface area contributed by atoms with Gasteiger partial charge in [-0.1, -0.05) is 30.4 Å². The van der Waals surface area contributed by atoms with Crippen LogP contribution in [0, 0.1) is 0 Å². The Labute approximate surface area is 182 Å². The summed E-state index contributed by atoms with van der Waals surface area (Å²) in [4.78, 5) is 35.5. The van der Waals surface area contributed by atoms with E-state index in [0.717, 1.165) is 36.5 Å². The smallest absolute Gasteiger partial charge is 0.327 e. The van der Waals surface area contributed by atoms with Crippen LogP contribution >= 0.6 is 0 Å². The van der Waals surface area contributed by atoms with Crippen LogP contribution in [0.2, 0.25) is 0 Å². The maximum atomic E-state index is 13.3. The summed E-state index contributed by atoms with van der Waals surface area (Å²) in [6, 6.07) is 11.4. The second-order valence-electron chi connectivity index (χ2n) is 8.10. The summed E-state index contributed by atoms with van der Waals surface area (Å²) in [7, 11) is 3.41. The molecule has 3 amide bonds. The average Bonchev–Trinajstić information content (AvgIpc) is 2.98. The third-order valence-corrected chi connectivity index (χ3v) is 6.34. The summed E-state index contributed by atoms with van der Waals surface area (Å²) < 4.78 is 5.19. The molecule has 4 rings (SSSR count). The monoisotopic (exact) mass is 420 g/mol. The Morgan fingerprint density at radius 2 is 1.87 bits per heavy atom. The van der Waals surface area contributed by atoms with Gasteiger partial charge in [-0.05, 0) is 42.2 Å². The van der Waals surface area contributed by atoms with Crippen molar-refractivity contribution in [1.29, 1.82) is 0 Å². The molecule has 0 aliphatic carbocycles. The number of carbonyl (C=O) groups is 2. The Kier molecular flexibility index (Phi) is 6.04.